The minimum Gasteiger partial charge on any atom is -0.493 e. The Balaban J connectivity index is 1.83. The number of aliphatic hydroxyl groups is 2. The predicted molar refractivity (Wildman–Crippen MR) is 183 cm³/mol. The second-order valence-corrected chi connectivity index (χ2v) is 14.6. The first-order valence-corrected chi connectivity index (χ1v) is 17.6. The van der Waals surface area contributed by atoms with E-state index < -0.39 is 5.41 Å². The lowest BCUT2D eigenvalue weighted by Gasteiger charge is -2.37. The van der Waals surface area contributed by atoms with E-state index in [2.05, 4.69) is 32.2 Å². The van der Waals surface area contributed by atoms with Crippen LogP contribution in [0.4, 0.5) is 0 Å². The van der Waals surface area contributed by atoms with Gasteiger partial charge in [0.1, 0.15) is 5.75 Å². The molecule has 46 heavy (non-hydrogen) atoms. The molecule has 0 bridgehead atoms. The first-order chi connectivity index (χ1) is 22.0. The summed E-state index contributed by atoms with van der Waals surface area (Å²) in [5.74, 6) is 3.12. The summed E-state index contributed by atoms with van der Waals surface area (Å²) >= 11 is 0. The number of carbonyl (C=O) groups is 2. The Morgan fingerprint density at radius 3 is 1.67 bits per heavy atom. The molecule has 2 fully saturated rings. The summed E-state index contributed by atoms with van der Waals surface area (Å²) in [4.78, 5) is 24.0. The van der Waals surface area contributed by atoms with E-state index in [0.29, 0.717) is 69.0 Å². The Labute approximate surface area is 277 Å². The zero-order valence-corrected chi connectivity index (χ0v) is 29.0. The van der Waals surface area contributed by atoms with Gasteiger partial charge < -0.3 is 24.4 Å². The van der Waals surface area contributed by atoms with Crippen molar-refractivity contribution in [3.63, 3.8) is 0 Å². The van der Waals surface area contributed by atoms with Crippen molar-refractivity contribution < 1.29 is 34.0 Å². The van der Waals surface area contributed by atoms with Crippen molar-refractivity contribution in [3.05, 3.63) is 53.1 Å². The Kier molecular flexibility index (Phi) is 15.3. The van der Waals surface area contributed by atoms with E-state index >= 15 is 0 Å². The Morgan fingerprint density at radius 1 is 0.783 bits per heavy atom. The van der Waals surface area contributed by atoms with Crippen molar-refractivity contribution in [2.45, 2.75) is 117 Å². The van der Waals surface area contributed by atoms with Gasteiger partial charge in [0.05, 0.1) is 33.0 Å². The molecule has 0 heterocycles. The molecule has 1 aromatic rings. The van der Waals surface area contributed by atoms with Gasteiger partial charge in [0, 0.05) is 16.6 Å². The molecule has 0 aromatic heterocycles. The van der Waals surface area contributed by atoms with Crippen LogP contribution < -0.4 is 4.74 Å². The van der Waals surface area contributed by atoms with Crippen LogP contribution in [0.3, 0.4) is 0 Å². The van der Waals surface area contributed by atoms with Crippen LogP contribution in [-0.2, 0) is 31.9 Å². The molecule has 3 rings (SSSR count). The van der Waals surface area contributed by atoms with Crippen LogP contribution in [-0.4, -0.2) is 55.2 Å². The molecule has 2 aliphatic rings. The van der Waals surface area contributed by atoms with E-state index in [1.54, 1.807) is 13.8 Å². The van der Waals surface area contributed by atoms with Crippen LogP contribution in [0.1, 0.15) is 121 Å². The van der Waals surface area contributed by atoms with Crippen molar-refractivity contribution in [2.24, 2.45) is 23.2 Å². The number of carbonyl (C=O) groups excluding carboxylic acids is 2. The highest BCUT2D eigenvalue weighted by Gasteiger charge is 2.31. The number of aliphatic hydroxyl groups excluding tert-OH is 2. The standard InChI is InChI=1S/C39H60O7/c1-27(2)37(42)45-20-7-9-33-23-35(32-17-15-31(16-18-32)30-13-11-29(5)12-14-30)24-34(10-8-21-46-38(43)28(3)4)36(33)44-22-19-39(6,25-40)26-41/h23-24,29-32,40-41H,1,3,7-22,25-26H2,2,4-6H3. The molecular weight excluding hydrogens is 580 g/mol. The monoisotopic (exact) mass is 640 g/mol. The smallest absolute Gasteiger partial charge is 0.333 e. The van der Waals surface area contributed by atoms with Gasteiger partial charge in [0.15, 0.2) is 0 Å². The maximum absolute atomic E-state index is 12.0. The molecule has 7 nitrogen and oxygen atoms in total. The van der Waals surface area contributed by atoms with E-state index in [4.69, 9.17) is 14.2 Å². The van der Waals surface area contributed by atoms with E-state index in [1.165, 1.54) is 56.9 Å². The van der Waals surface area contributed by atoms with Crippen molar-refractivity contribution in [1.82, 2.24) is 0 Å². The highest BCUT2D eigenvalue weighted by molar-refractivity contribution is 5.87. The third-order valence-electron chi connectivity index (χ3n) is 10.3. The predicted octanol–water partition coefficient (Wildman–Crippen LogP) is 7.65. The van der Waals surface area contributed by atoms with Crippen molar-refractivity contribution >= 4 is 11.9 Å². The topological polar surface area (TPSA) is 102 Å². The van der Waals surface area contributed by atoms with Crippen LogP contribution in [0.15, 0.2) is 36.4 Å². The van der Waals surface area contributed by atoms with Gasteiger partial charge in [-0.1, -0.05) is 52.0 Å². The van der Waals surface area contributed by atoms with Crippen molar-refractivity contribution in [3.8, 4) is 5.75 Å². The van der Waals surface area contributed by atoms with Gasteiger partial charge >= 0.3 is 11.9 Å². The van der Waals surface area contributed by atoms with Crippen LogP contribution in [0.5, 0.6) is 5.75 Å². The molecule has 7 heteroatoms. The average Bonchev–Trinajstić information content (AvgIpc) is 3.05. The number of hydrogen-bond donors (Lipinski definition) is 2. The lowest BCUT2D eigenvalue weighted by Crippen LogP contribution is -2.28. The maximum atomic E-state index is 12.0. The summed E-state index contributed by atoms with van der Waals surface area (Å²) in [5, 5.41) is 19.7. The van der Waals surface area contributed by atoms with Gasteiger partial charge in [-0.25, -0.2) is 9.59 Å². The molecule has 2 saturated carbocycles. The number of benzene rings is 1. The summed E-state index contributed by atoms with van der Waals surface area (Å²) in [7, 11) is 0. The second kappa shape index (κ2) is 18.6. The molecule has 0 atom stereocenters. The normalized spacial score (nSPS) is 21.8. The Hall–Kier alpha value is -2.64. The quantitative estimate of drug-likeness (QED) is 0.0965. The maximum Gasteiger partial charge on any atom is 0.333 e. The fourth-order valence-corrected chi connectivity index (χ4v) is 6.96. The first kappa shape index (κ1) is 37.8. The fourth-order valence-electron chi connectivity index (χ4n) is 6.96. The van der Waals surface area contributed by atoms with Crippen LogP contribution in [0.25, 0.3) is 0 Å². The van der Waals surface area contributed by atoms with E-state index in [1.807, 2.05) is 6.92 Å². The molecule has 2 N–H and O–H groups in total. The van der Waals surface area contributed by atoms with Crippen molar-refractivity contribution in [2.75, 3.05) is 33.0 Å². The molecular formula is C39H60O7. The molecule has 258 valence electrons. The number of ether oxygens (including phenoxy) is 3. The third kappa shape index (κ3) is 11.6. The molecule has 1 aromatic carbocycles. The summed E-state index contributed by atoms with van der Waals surface area (Å²) < 4.78 is 17.3. The highest BCUT2D eigenvalue weighted by Crippen LogP contribution is 2.45. The van der Waals surface area contributed by atoms with Gasteiger partial charge in [-0.2, -0.15) is 0 Å². The van der Waals surface area contributed by atoms with E-state index in [0.717, 1.165) is 34.6 Å². The summed E-state index contributed by atoms with van der Waals surface area (Å²) in [6.45, 7) is 15.6. The minimum absolute atomic E-state index is 0.129. The van der Waals surface area contributed by atoms with Gasteiger partial charge in [-0.3, -0.25) is 0 Å². The summed E-state index contributed by atoms with van der Waals surface area (Å²) in [6, 6.07) is 4.59. The summed E-state index contributed by atoms with van der Waals surface area (Å²) in [5.41, 5.74) is 3.63. The van der Waals surface area contributed by atoms with Gasteiger partial charge in [0.25, 0.3) is 0 Å². The SMILES string of the molecule is C=C(C)C(=O)OCCCc1cc(C2CCC(C3CCC(C)CC3)CC2)cc(CCCOC(=O)C(=C)C)c1OCCC(C)(CO)CO. The third-order valence-corrected chi connectivity index (χ3v) is 10.3. The highest BCUT2D eigenvalue weighted by atomic mass is 16.5. The zero-order valence-electron chi connectivity index (χ0n) is 29.0. The van der Waals surface area contributed by atoms with Crippen LogP contribution >= 0.6 is 0 Å². The van der Waals surface area contributed by atoms with Gasteiger partial charge in [-0.15, -0.1) is 0 Å². The Bertz CT molecular complexity index is 1100. The number of esters is 2. The van der Waals surface area contributed by atoms with E-state index in [9.17, 15) is 19.8 Å². The molecule has 0 unspecified atom stereocenters. The summed E-state index contributed by atoms with van der Waals surface area (Å²) in [6.07, 6.45) is 13.6. The number of hydrogen-bond acceptors (Lipinski definition) is 7. The van der Waals surface area contributed by atoms with Gasteiger partial charge in [-0.05, 0) is 125 Å². The van der Waals surface area contributed by atoms with Crippen LogP contribution in [0, 0.1) is 23.2 Å². The molecule has 0 amide bonds. The average molecular weight is 641 g/mol. The van der Waals surface area contributed by atoms with E-state index in [-0.39, 0.29) is 25.2 Å². The second-order valence-electron chi connectivity index (χ2n) is 14.6. The Morgan fingerprint density at radius 2 is 1.24 bits per heavy atom. The lowest BCUT2D eigenvalue weighted by molar-refractivity contribution is -0.139. The number of aryl methyl sites for hydroxylation is 2. The molecule has 0 radical (unpaired) electrons. The lowest BCUT2D eigenvalue weighted by atomic mass is 9.68. The fraction of sp³-hybridized carbons (Fsp3) is 0.692. The largest absolute Gasteiger partial charge is 0.493 e. The zero-order chi connectivity index (χ0) is 33.7. The van der Waals surface area contributed by atoms with Gasteiger partial charge in [0.2, 0.25) is 0 Å². The van der Waals surface area contributed by atoms with Crippen molar-refractivity contribution in [1.29, 1.82) is 0 Å². The molecule has 0 saturated heterocycles. The van der Waals surface area contributed by atoms with Crippen LogP contribution in [0.2, 0.25) is 0 Å². The minimum atomic E-state index is -0.636. The molecule has 0 aliphatic heterocycles. The molecule has 0 spiro atoms. The first-order valence-electron chi connectivity index (χ1n) is 17.6. The molecule has 2 aliphatic carbocycles. The number of rotatable bonds is 18.